The summed E-state index contributed by atoms with van der Waals surface area (Å²) in [4.78, 5) is 3.51. The van der Waals surface area contributed by atoms with E-state index in [1.807, 2.05) is 0 Å². The quantitative estimate of drug-likeness (QED) is 0.732. The summed E-state index contributed by atoms with van der Waals surface area (Å²) in [5, 5.41) is 0.0663. The molecular formula is C6H5ClF2N2O. The van der Waals surface area contributed by atoms with Crippen LogP contribution in [0.15, 0.2) is 12.3 Å². The molecule has 0 saturated carbocycles. The average Bonchev–Trinajstić information content (AvgIpc) is 1.96. The Hall–Kier alpha value is -1.10. The SMILES string of the molecule is Nc1cc(OC(F)F)cnc1Cl. The highest BCUT2D eigenvalue weighted by molar-refractivity contribution is 6.31. The number of nitrogens with zero attached hydrogens (tertiary/aromatic N) is 1. The van der Waals surface area contributed by atoms with Crippen molar-refractivity contribution in [2.24, 2.45) is 0 Å². The number of rotatable bonds is 2. The predicted octanol–water partition coefficient (Wildman–Crippen LogP) is 1.92. The average molecular weight is 195 g/mol. The maximum Gasteiger partial charge on any atom is 0.387 e. The summed E-state index contributed by atoms with van der Waals surface area (Å²) in [6, 6.07) is 1.18. The van der Waals surface area contributed by atoms with Crippen LogP contribution in [0.3, 0.4) is 0 Å². The summed E-state index contributed by atoms with van der Waals surface area (Å²) >= 11 is 5.44. The second-order valence-electron chi connectivity index (χ2n) is 1.93. The van der Waals surface area contributed by atoms with E-state index in [-0.39, 0.29) is 16.6 Å². The molecule has 0 unspecified atom stereocenters. The van der Waals surface area contributed by atoms with Crippen molar-refractivity contribution in [2.45, 2.75) is 6.61 Å². The van der Waals surface area contributed by atoms with Crippen molar-refractivity contribution in [1.29, 1.82) is 0 Å². The maximum absolute atomic E-state index is 11.6. The fourth-order valence-corrected chi connectivity index (χ4v) is 0.716. The molecule has 2 N–H and O–H groups in total. The van der Waals surface area contributed by atoms with Crippen LogP contribution in [0.2, 0.25) is 5.15 Å². The van der Waals surface area contributed by atoms with Crippen LogP contribution in [0.4, 0.5) is 14.5 Å². The molecule has 0 spiro atoms. The third kappa shape index (κ3) is 2.20. The van der Waals surface area contributed by atoms with Crippen LogP contribution in [-0.2, 0) is 0 Å². The summed E-state index contributed by atoms with van der Waals surface area (Å²) in [5.74, 6) is -0.105. The van der Waals surface area contributed by atoms with E-state index in [1.54, 1.807) is 0 Å². The molecule has 0 aromatic carbocycles. The van der Waals surface area contributed by atoms with Gasteiger partial charge in [0, 0.05) is 6.07 Å². The maximum atomic E-state index is 11.6. The molecule has 0 radical (unpaired) electrons. The lowest BCUT2D eigenvalue weighted by Gasteiger charge is -2.04. The summed E-state index contributed by atoms with van der Waals surface area (Å²) in [6.07, 6.45) is 1.07. The monoisotopic (exact) mass is 194 g/mol. The van der Waals surface area contributed by atoms with E-state index < -0.39 is 6.61 Å². The standard InChI is InChI=1S/C6H5ClF2N2O/c7-5-4(10)1-3(2-11-5)12-6(8)9/h1-2,6H,10H2. The van der Waals surface area contributed by atoms with E-state index >= 15 is 0 Å². The molecule has 0 aliphatic rings. The van der Waals surface area contributed by atoms with Gasteiger partial charge in [-0.05, 0) is 0 Å². The van der Waals surface area contributed by atoms with Gasteiger partial charge in [-0.15, -0.1) is 0 Å². The molecule has 0 saturated heterocycles. The zero-order valence-electron chi connectivity index (χ0n) is 5.80. The number of anilines is 1. The minimum atomic E-state index is -2.88. The van der Waals surface area contributed by atoms with E-state index in [0.717, 1.165) is 6.20 Å². The number of nitrogen functional groups attached to an aromatic ring is 1. The van der Waals surface area contributed by atoms with Crippen molar-refractivity contribution >= 4 is 17.3 Å². The molecular weight excluding hydrogens is 190 g/mol. The highest BCUT2D eigenvalue weighted by Gasteiger charge is 2.06. The van der Waals surface area contributed by atoms with E-state index in [2.05, 4.69) is 9.72 Å². The first kappa shape index (κ1) is 8.99. The highest BCUT2D eigenvalue weighted by atomic mass is 35.5. The normalized spacial score (nSPS) is 10.3. The highest BCUT2D eigenvalue weighted by Crippen LogP contribution is 2.21. The van der Waals surface area contributed by atoms with E-state index in [0.29, 0.717) is 0 Å². The number of nitrogens with two attached hydrogens (primary N) is 1. The zero-order valence-corrected chi connectivity index (χ0v) is 6.55. The fraction of sp³-hybridized carbons (Fsp3) is 0.167. The Bertz CT molecular complexity index is 282. The first-order chi connectivity index (χ1) is 5.59. The van der Waals surface area contributed by atoms with Gasteiger partial charge >= 0.3 is 6.61 Å². The van der Waals surface area contributed by atoms with Crippen LogP contribution < -0.4 is 10.5 Å². The molecule has 1 aromatic heterocycles. The lowest BCUT2D eigenvalue weighted by molar-refractivity contribution is -0.0500. The van der Waals surface area contributed by atoms with Crippen LogP contribution in [-0.4, -0.2) is 11.6 Å². The Morgan fingerprint density at radius 3 is 2.75 bits per heavy atom. The Morgan fingerprint density at radius 1 is 1.58 bits per heavy atom. The van der Waals surface area contributed by atoms with Gasteiger partial charge in [-0.2, -0.15) is 8.78 Å². The minimum absolute atomic E-state index is 0.0663. The Kier molecular flexibility index (Phi) is 2.65. The van der Waals surface area contributed by atoms with Crippen molar-refractivity contribution in [2.75, 3.05) is 5.73 Å². The molecule has 0 atom stereocenters. The van der Waals surface area contributed by atoms with Crippen molar-refractivity contribution in [3.8, 4) is 5.75 Å². The number of hydrogen-bond donors (Lipinski definition) is 1. The van der Waals surface area contributed by atoms with Gasteiger partial charge in [-0.3, -0.25) is 0 Å². The van der Waals surface area contributed by atoms with E-state index in [9.17, 15) is 8.78 Å². The van der Waals surface area contributed by atoms with Gasteiger partial charge in [0.15, 0.2) is 5.15 Å². The fourth-order valence-electron chi connectivity index (χ4n) is 0.612. The molecule has 0 aliphatic heterocycles. The molecule has 0 amide bonds. The van der Waals surface area contributed by atoms with Crippen LogP contribution in [0, 0.1) is 0 Å². The third-order valence-electron chi connectivity index (χ3n) is 1.07. The third-order valence-corrected chi connectivity index (χ3v) is 1.38. The van der Waals surface area contributed by atoms with Crippen LogP contribution in [0.1, 0.15) is 0 Å². The first-order valence-electron chi connectivity index (χ1n) is 2.95. The van der Waals surface area contributed by atoms with E-state index in [1.165, 1.54) is 6.07 Å². The lowest BCUT2D eigenvalue weighted by atomic mass is 10.4. The molecule has 12 heavy (non-hydrogen) atoms. The second-order valence-corrected chi connectivity index (χ2v) is 2.29. The lowest BCUT2D eigenvalue weighted by Crippen LogP contribution is -2.03. The molecule has 3 nitrogen and oxygen atoms in total. The number of hydrogen-bond acceptors (Lipinski definition) is 3. The number of ether oxygens (including phenoxy) is 1. The second kappa shape index (κ2) is 3.53. The van der Waals surface area contributed by atoms with E-state index in [4.69, 9.17) is 17.3 Å². The molecule has 0 aliphatic carbocycles. The molecule has 0 fully saturated rings. The van der Waals surface area contributed by atoms with Crippen molar-refractivity contribution in [3.05, 3.63) is 17.4 Å². The van der Waals surface area contributed by atoms with Crippen LogP contribution >= 0.6 is 11.6 Å². The van der Waals surface area contributed by atoms with Crippen LogP contribution in [0.5, 0.6) is 5.75 Å². The Balaban J connectivity index is 2.82. The molecule has 1 heterocycles. The molecule has 66 valence electrons. The minimum Gasteiger partial charge on any atom is -0.433 e. The van der Waals surface area contributed by atoms with Gasteiger partial charge in [0.05, 0.1) is 11.9 Å². The largest absolute Gasteiger partial charge is 0.433 e. The number of halogens is 3. The van der Waals surface area contributed by atoms with Crippen molar-refractivity contribution in [3.63, 3.8) is 0 Å². The smallest absolute Gasteiger partial charge is 0.387 e. The van der Waals surface area contributed by atoms with Crippen molar-refractivity contribution < 1.29 is 13.5 Å². The summed E-state index contributed by atoms with van der Waals surface area (Å²) in [5.41, 5.74) is 5.38. The number of aromatic nitrogens is 1. The topological polar surface area (TPSA) is 48.1 Å². The van der Waals surface area contributed by atoms with Gasteiger partial charge in [0.25, 0.3) is 0 Å². The van der Waals surface area contributed by atoms with Crippen LogP contribution in [0.25, 0.3) is 0 Å². The Labute approximate surface area is 72.1 Å². The number of alkyl halides is 2. The first-order valence-corrected chi connectivity index (χ1v) is 3.33. The number of pyridine rings is 1. The molecule has 0 bridgehead atoms. The summed E-state index contributed by atoms with van der Waals surface area (Å²) in [6.45, 7) is -2.88. The van der Waals surface area contributed by atoms with Crippen molar-refractivity contribution in [1.82, 2.24) is 4.98 Å². The zero-order chi connectivity index (χ0) is 9.14. The molecule has 1 aromatic rings. The van der Waals surface area contributed by atoms with Gasteiger partial charge < -0.3 is 10.5 Å². The summed E-state index contributed by atoms with van der Waals surface area (Å²) in [7, 11) is 0. The predicted molar refractivity (Wildman–Crippen MR) is 40.3 cm³/mol. The summed E-state index contributed by atoms with van der Waals surface area (Å²) < 4.78 is 27.3. The molecule has 1 rings (SSSR count). The Morgan fingerprint density at radius 2 is 2.25 bits per heavy atom. The van der Waals surface area contributed by atoms with Gasteiger partial charge in [0.2, 0.25) is 0 Å². The van der Waals surface area contributed by atoms with Gasteiger partial charge in [-0.25, -0.2) is 4.98 Å². The van der Waals surface area contributed by atoms with Gasteiger partial charge in [0.1, 0.15) is 5.75 Å². The molecule has 6 heteroatoms. The van der Waals surface area contributed by atoms with Gasteiger partial charge in [-0.1, -0.05) is 11.6 Å².